The molecule has 122 heavy (non-hydrogen) atoms. The van der Waals surface area contributed by atoms with Gasteiger partial charge in [-0.2, -0.15) is 0 Å². The monoisotopic (exact) mass is 1560 g/mol. The average molecular weight is 1560 g/mol. The largest absolute Gasteiger partial charge is 0.309 e. The predicted octanol–water partition coefficient (Wildman–Crippen LogP) is 28.9. The van der Waals surface area contributed by atoms with Crippen LogP contribution in [0.1, 0.15) is 0 Å². The van der Waals surface area contributed by atoms with E-state index in [-0.39, 0.29) is 0 Å². The third kappa shape index (κ3) is 12.4. The zero-order valence-corrected chi connectivity index (χ0v) is 66.2. The number of nitrogens with zero attached hydrogens (tertiary/aromatic N) is 9. The highest BCUT2D eigenvalue weighted by Gasteiger charge is 2.27. The van der Waals surface area contributed by atoms with Gasteiger partial charge in [0.15, 0.2) is 17.5 Å². The maximum absolute atomic E-state index is 5.46. The molecule has 0 aliphatic carbocycles. The van der Waals surface area contributed by atoms with Crippen LogP contribution in [-0.2, 0) is 0 Å². The van der Waals surface area contributed by atoms with Gasteiger partial charge in [-0.25, -0.2) is 24.9 Å². The van der Waals surface area contributed by atoms with Gasteiger partial charge in [0.2, 0.25) is 5.95 Å². The zero-order chi connectivity index (χ0) is 80.6. The van der Waals surface area contributed by atoms with Gasteiger partial charge >= 0.3 is 0 Å². The lowest BCUT2D eigenvalue weighted by atomic mass is 9.98. The summed E-state index contributed by atoms with van der Waals surface area (Å²) in [5.74, 6) is 2.54. The van der Waals surface area contributed by atoms with Crippen molar-refractivity contribution >= 4 is 98.1 Å². The summed E-state index contributed by atoms with van der Waals surface area (Å²) >= 11 is 0. The van der Waals surface area contributed by atoms with Crippen LogP contribution in [0.15, 0.2) is 443 Å². The predicted molar refractivity (Wildman–Crippen MR) is 506 cm³/mol. The number of para-hydroxylation sites is 5. The second-order valence-corrected chi connectivity index (χ2v) is 31.0. The molecule has 18 aromatic carbocycles. The lowest BCUT2D eigenvalue weighted by Gasteiger charge is -2.15. The van der Waals surface area contributed by atoms with Crippen molar-refractivity contribution in [1.29, 1.82) is 0 Å². The standard InChI is InChI=1S/C57H37N5.C56H36N4/c1-5-18-38(19-6-1)43-34-44(39-20-7-2-8-21-39)37-46(36-43)62-50-30-15-13-28-47(50)48-32-33-52-53(54(48)62)49-29-14-16-31-51(49)61(52)45-27-17-26-42(35-45)57-59-55(40-22-9-3-10-23-40)58-56(60-57)41-24-11-4-12-25-41;1-4-16-37(17-5-1)40-28-30-41(31-29-40)54-47-23-10-13-25-49(47)57-56(58-54)60-51-27-15-12-24-48(51)53-52(60)33-32-46-45-22-11-14-26-50(45)59(55(46)53)44-35-42(38-18-6-2-7-19-38)34-43(36-44)39-20-8-3-9-21-39/h1-37H;1-36H. The SMILES string of the molecule is c1ccc(-c2cc(-c3ccccc3)cc(-n3c4ccccc4c4ccc5c(c6ccccc6n5-c5cccc(-c6nc(-c7ccccc7)nc(-c7ccccc7)n6)c5)c43)c2)cc1.c1ccc(-c2ccc(-c3nc(-n4c5ccccc5c5c4ccc4c6ccccc6n(-c6cc(-c7ccccc7)cc(-c7ccccc7)c6)c45)nc4ccccc34)cc2)cc1. The van der Waals surface area contributed by atoms with Crippen molar-refractivity contribution in [2.24, 2.45) is 0 Å². The minimum absolute atomic E-state index is 0.621. The molecule has 0 bridgehead atoms. The Morgan fingerprint density at radius 1 is 0.156 bits per heavy atom. The summed E-state index contributed by atoms with van der Waals surface area (Å²) in [5.41, 5.74) is 29.6. The summed E-state index contributed by atoms with van der Waals surface area (Å²) < 4.78 is 9.61. The summed E-state index contributed by atoms with van der Waals surface area (Å²) in [7, 11) is 0. The highest BCUT2D eigenvalue weighted by Crippen LogP contribution is 2.47. The average Bonchev–Trinajstić information content (AvgIpc) is 1.55. The molecule has 0 radical (unpaired) electrons. The second-order valence-electron chi connectivity index (χ2n) is 31.0. The third-order valence-corrected chi connectivity index (χ3v) is 23.8. The molecule has 0 aliphatic rings. The minimum Gasteiger partial charge on any atom is -0.309 e. The quantitative estimate of drug-likeness (QED) is 0.115. The summed E-state index contributed by atoms with van der Waals surface area (Å²) in [6, 6.07) is 157. The molecule has 0 fully saturated rings. The molecule has 0 spiro atoms. The fourth-order valence-corrected chi connectivity index (χ4v) is 18.3. The Morgan fingerprint density at radius 2 is 0.467 bits per heavy atom. The number of fused-ring (bicyclic) bond motifs is 15. The van der Waals surface area contributed by atoms with Gasteiger partial charge in [-0.15, -0.1) is 0 Å². The fourth-order valence-electron chi connectivity index (χ4n) is 18.3. The molecule has 0 N–H and O–H groups in total. The number of hydrogen-bond donors (Lipinski definition) is 0. The first-order chi connectivity index (χ1) is 60.5. The molecule has 6 aromatic heterocycles. The normalized spacial score (nSPS) is 11.6. The number of rotatable bonds is 13. The summed E-state index contributed by atoms with van der Waals surface area (Å²) in [6.45, 7) is 0. The Morgan fingerprint density at radius 3 is 0.902 bits per heavy atom. The molecule has 0 atom stereocenters. The molecular formula is C113H73N9. The highest BCUT2D eigenvalue weighted by molar-refractivity contribution is 6.28. The molecule has 0 amide bonds. The van der Waals surface area contributed by atoms with Gasteiger partial charge in [-0.1, -0.05) is 352 Å². The summed E-state index contributed by atoms with van der Waals surface area (Å²) in [6.07, 6.45) is 0. The van der Waals surface area contributed by atoms with Gasteiger partial charge in [0.05, 0.1) is 55.3 Å². The fraction of sp³-hybridized carbons (Fsp3) is 0. The molecule has 24 rings (SSSR count). The van der Waals surface area contributed by atoms with Gasteiger partial charge in [0, 0.05) is 87.8 Å². The van der Waals surface area contributed by atoms with E-state index in [4.69, 9.17) is 24.9 Å². The van der Waals surface area contributed by atoms with E-state index < -0.39 is 0 Å². The Labute approximate surface area is 703 Å². The van der Waals surface area contributed by atoms with Crippen LogP contribution in [-0.4, -0.2) is 43.2 Å². The molecule has 0 saturated carbocycles. The van der Waals surface area contributed by atoms with Crippen molar-refractivity contribution in [3.8, 4) is 124 Å². The Kier molecular flexibility index (Phi) is 17.4. The van der Waals surface area contributed by atoms with Gasteiger partial charge in [-0.05, 0) is 147 Å². The number of hydrogen-bond acceptors (Lipinski definition) is 5. The molecule has 9 heteroatoms. The van der Waals surface area contributed by atoms with E-state index in [9.17, 15) is 0 Å². The van der Waals surface area contributed by atoms with E-state index in [1.54, 1.807) is 0 Å². The third-order valence-electron chi connectivity index (χ3n) is 23.8. The van der Waals surface area contributed by atoms with Crippen LogP contribution in [0.3, 0.4) is 0 Å². The van der Waals surface area contributed by atoms with Crippen molar-refractivity contribution in [3.05, 3.63) is 443 Å². The molecule has 9 nitrogen and oxygen atoms in total. The molecule has 570 valence electrons. The first-order valence-electron chi connectivity index (χ1n) is 41.4. The van der Waals surface area contributed by atoms with Gasteiger partial charge in [0.25, 0.3) is 0 Å². The topological polar surface area (TPSA) is 84.2 Å². The van der Waals surface area contributed by atoms with E-state index in [0.717, 1.165) is 105 Å². The maximum atomic E-state index is 5.46. The summed E-state index contributed by atoms with van der Waals surface area (Å²) in [4.78, 5) is 25.9. The van der Waals surface area contributed by atoms with Crippen molar-refractivity contribution in [1.82, 2.24) is 43.2 Å². The van der Waals surface area contributed by atoms with Crippen LogP contribution in [0.5, 0.6) is 0 Å². The van der Waals surface area contributed by atoms with Crippen LogP contribution < -0.4 is 0 Å². The zero-order valence-electron chi connectivity index (χ0n) is 66.2. The Balaban J connectivity index is 0.000000142. The smallest absolute Gasteiger partial charge is 0.235 e. The van der Waals surface area contributed by atoms with E-state index in [1.807, 2.05) is 60.7 Å². The molecular weight excluding hydrogens is 1480 g/mol. The van der Waals surface area contributed by atoms with Gasteiger partial charge < -0.3 is 13.7 Å². The second kappa shape index (κ2) is 29.9. The lowest BCUT2D eigenvalue weighted by molar-refractivity contribution is 1.01. The van der Waals surface area contributed by atoms with Crippen LogP contribution in [0, 0.1) is 0 Å². The van der Waals surface area contributed by atoms with Gasteiger partial charge in [-0.3, -0.25) is 4.57 Å². The molecule has 0 saturated heterocycles. The first-order valence-corrected chi connectivity index (χ1v) is 41.4. The van der Waals surface area contributed by atoms with Crippen molar-refractivity contribution in [2.45, 2.75) is 0 Å². The molecule has 24 aromatic rings. The van der Waals surface area contributed by atoms with E-state index in [1.165, 1.54) is 93.5 Å². The minimum atomic E-state index is 0.621. The number of aromatic nitrogens is 9. The van der Waals surface area contributed by atoms with Gasteiger partial charge in [0.1, 0.15) is 0 Å². The van der Waals surface area contributed by atoms with Crippen LogP contribution in [0.2, 0.25) is 0 Å². The molecule has 0 aliphatic heterocycles. The maximum Gasteiger partial charge on any atom is 0.235 e. The molecule has 0 unspecified atom stereocenters. The van der Waals surface area contributed by atoms with Crippen LogP contribution >= 0.6 is 0 Å². The Bertz CT molecular complexity index is 7970. The van der Waals surface area contributed by atoms with Crippen LogP contribution in [0.25, 0.3) is 222 Å². The summed E-state index contributed by atoms with van der Waals surface area (Å²) in [5, 5.41) is 10.5. The van der Waals surface area contributed by atoms with E-state index in [2.05, 4.69) is 400 Å². The molecule has 6 heterocycles. The van der Waals surface area contributed by atoms with E-state index >= 15 is 0 Å². The van der Waals surface area contributed by atoms with E-state index in [0.29, 0.717) is 23.4 Å². The highest BCUT2D eigenvalue weighted by atomic mass is 15.2. The first kappa shape index (κ1) is 70.9. The lowest BCUT2D eigenvalue weighted by Crippen LogP contribution is -2.03. The van der Waals surface area contributed by atoms with Crippen LogP contribution in [0.4, 0.5) is 0 Å². The Hall–Kier alpha value is -16.5. The van der Waals surface area contributed by atoms with Crippen molar-refractivity contribution in [2.75, 3.05) is 0 Å². The van der Waals surface area contributed by atoms with Crippen molar-refractivity contribution < 1.29 is 0 Å². The van der Waals surface area contributed by atoms with Crippen molar-refractivity contribution in [3.63, 3.8) is 0 Å². The number of benzene rings is 18.